The molecule has 0 radical (unpaired) electrons. The number of benzene rings is 2. The van der Waals surface area contributed by atoms with Crippen LogP contribution in [0.25, 0.3) is 11.3 Å². The van der Waals surface area contributed by atoms with E-state index in [0.717, 1.165) is 49.5 Å². The first-order valence-electron chi connectivity index (χ1n) is 13.7. The Morgan fingerprint density at radius 2 is 1.82 bits per heavy atom. The number of methoxy groups -OCH3 is 1. The number of likely N-dealkylation sites (N-methyl/N-ethyl adjacent to an activating group) is 1. The number of ether oxygens (including phenoxy) is 3. The molecule has 2 aliphatic heterocycles. The standard InChI is InChI=1S/C31H38N4O4/c1-34(21-25-22-38-18-19-39-25)30-27(12-13-28(33-30)26-10-6-7-11-29(26)37-2)31(36)32-24-14-16-35(17-15-24)20-23-8-4-3-5-9-23/h3-13,24-25H,14-22H2,1-2H3,(H,32,36)/t25-/m1/s1. The Morgan fingerprint density at radius 1 is 1.05 bits per heavy atom. The van der Waals surface area contributed by atoms with Gasteiger partial charge in [0.25, 0.3) is 5.91 Å². The third kappa shape index (κ3) is 6.95. The third-order valence-corrected chi connectivity index (χ3v) is 7.40. The molecule has 2 saturated heterocycles. The predicted molar refractivity (Wildman–Crippen MR) is 152 cm³/mol. The second-order valence-electron chi connectivity index (χ2n) is 10.2. The van der Waals surface area contributed by atoms with E-state index in [1.165, 1.54) is 5.56 Å². The van der Waals surface area contributed by atoms with Gasteiger partial charge < -0.3 is 24.4 Å². The normalized spacial score (nSPS) is 18.5. The smallest absolute Gasteiger partial charge is 0.255 e. The Labute approximate surface area is 230 Å². The number of aromatic nitrogens is 1. The summed E-state index contributed by atoms with van der Waals surface area (Å²) >= 11 is 0. The third-order valence-electron chi connectivity index (χ3n) is 7.40. The molecule has 206 valence electrons. The molecule has 0 unspecified atom stereocenters. The fraction of sp³-hybridized carbons (Fsp3) is 0.419. The van der Waals surface area contributed by atoms with Crippen LogP contribution in [0.3, 0.4) is 0 Å². The second kappa shape index (κ2) is 13.1. The Kier molecular flexibility index (Phi) is 9.08. The van der Waals surface area contributed by atoms with Crippen LogP contribution in [0.1, 0.15) is 28.8 Å². The summed E-state index contributed by atoms with van der Waals surface area (Å²) in [6, 6.07) is 22.2. The number of hydrogen-bond acceptors (Lipinski definition) is 7. The number of carbonyl (C=O) groups is 1. The fourth-order valence-corrected chi connectivity index (χ4v) is 5.30. The summed E-state index contributed by atoms with van der Waals surface area (Å²) in [6.07, 6.45) is 1.76. The van der Waals surface area contributed by atoms with Gasteiger partial charge in [-0.05, 0) is 42.7 Å². The Bertz CT molecular complexity index is 1220. The van der Waals surface area contributed by atoms with E-state index >= 15 is 0 Å². The molecule has 1 aromatic heterocycles. The van der Waals surface area contributed by atoms with Gasteiger partial charge in [0, 0.05) is 44.8 Å². The van der Waals surface area contributed by atoms with Gasteiger partial charge in [-0.2, -0.15) is 0 Å². The van der Waals surface area contributed by atoms with Crippen molar-refractivity contribution in [1.82, 2.24) is 15.2 Å². The van der Waals surface area contributed by atoms with Crippen molar-refractivity contribution >= 4 is 11.7 Å². The van der Waals surface area contributed by atoms with Crippen molar-refractivity contribution < 1.29 is 19.0 Å². The van der Waals surface area contributed by atoms with Gasteiger partial charge in [-0.15, -0.1) is 0 Å². The molecule has 39 heavy (non-hydrogen) atoms. The zero-order valence-corrected chi connectivity index (χ0v) is 22.8. The minimum Gasteiger partial charge on any atom is -0.496 e. The van der Waals surface area contributed by atoms with Crippen molar-refractivity contribution in [2.45, 2.75) is 31.5 Å². The van der Waals surface area contributed by atoms with E-state index in [-0.39, 0.29) is 18.1 Å². The van der Waals surface area contributed by atoms with Crippen molar-refractivity contribution in [2.75, 3.05) is 58.5 Å². The number of rotatable bonds is 9. The Balaban J connectivity index is 1.31. The molecule has 8 nitrogen and oxygen atoms in total. The number of para-hydroxylation sites is 1. The van der Waals surface area contributed by atoms with Crippen LogP contribution in [0.15, 0.2) is 66.7 Å². The van der Waals surface area contributed by atoms with Crippen molar-refractivity contribution in [3.8, 4) is 17.0 Å². The number of hydrogen-bond donors (Lipinski definition) is 1. The Morgan fingerprint density at radius 3 is 2.56 bits per heavy atom. The van der Waals surface area contributed by atoms with Crippen molar-refractivity contribution in [2.24, 2.45) is 0 Å². The largest absolute Gasteiger partial charge is 0.496 e. The van der Waals surface area contributed by atoms with Gasteiger partial charge in [-0.1, -0.05) is 42.5 Å². The maximum absolute atomic E-state index is 13.6. The van der Waals surface area contributed by atoms with Crippen LogP contribution in [0.2, 0.25) is 0 Å². The number of nitrogens with one attached hydrogen (secondary N) is 1. The number of piperidine rings is 1. The zero-order valence-electron chi connectivity index (χ0n) is 22.8. The monoisotopic (exact) mass is 530 g/mol. The Hall–Kier alpha value is -3.46. The molecule has 2 fully saturated rings. The molecule has 8 heteroatoms. The van der Waals surface area contributed by atoms with Crippen LogP contribution < -0.4 is 15.0 Å². The summed E-state index contributed by atoms with van der Waals surface area (Å²) in [6.45, 7) is 5.13. The lowest BCUT2D eigenvalue weighted by molar-refractivity contribution is -0.0837. The molecule has 3 heterocycles. The highest BCUT2D eigenvalue weighted by Gasteiger charge is 2.26. The molecule has 5 rings (SSSR count). The molecule has 0 bridgehead atoms. The van der Waals surface area contributed by atoms with Gasteiger partial charge in [0.1, 0.15) is 11.6 Å². The molecule has 2 aliphatic rings. The number of nitrogens with zero attached hydrogens (tertiary/aromatic N) is 3. The topological polar surface area (TPSA) is 76.2 Å². The summed E-state index contributed by atoms with van der Waals surface area (Å²) in [5, 5.41) is 3.29. The average Bonchev–Trinajstić information content (AvgIpc) is 2.99. The molecule has 1 amide bonds. The molecule has 0 spiro atoms. The highest BCUT2D eigenvalue weighted by Crippen LogP contribution is 2.31. The maximum Gasteiger partial charge on any atom is 0.255 e. The first-order valence-corrected chi connectivity index (χ1v) is 13.7. The van der Waals surface area contributed by atoms with Gasteiger partial charge in [0.05, 0.1) is 44.3 Å². The summed E-state index contributed by atoms with van der Waals surface area (Å²) in [7, 11) is 3.60. The number of pyridine rings is 1. The first kappa shape index (κ1) is 27.1. The highest BCUT2D eigenvalue weighted by molar-refractivity contribution is 5.99. The lowest BCUT2D eigenvalue weighted by Crippen LogP contribution is -2.45. The van der Waals surface area contributed by atoms with Crippen LogP contribution in [0.4, 0.5) is 5.82 Å². The van der Waals surface area contributed by atoms with E-state index in [1.807, 2.05) is 54.4 Å². The minimum atomic E-state index is -0.0988. The van der Waals surface area contributed by atoms with E-state index in [4.69, 9.17) is 19.2 Å². The van der Waals surface area contributed by atoms with Gasteiger partial charge in [0.15, 0.2) is 0 Å². The van der Waals surface area contributed by atoms with Gasteiger partial charge >= 0.3 is 0 Å². The molecule has 1 atom stereocenters. The predicted octanol–water partition coefficient (Wildman–Crippen LogP) is 4.00. The summed E-state index contributed by atoms with van der Waals surface area (Å²) in [5.41, 5.74) is 3.51. The van der Waals surface area contributed by atoms with Gasteiger partial charge in [-0.3, -0.25) is 9.69 Å². The van der Waals surface area contributed by atoms with Gasteiger partial charge in [-0.25, -0.2) is 4.98 Å². The highest BCUT2D eigenvalue weighted by atomic mass is 16.6. The fourth-order valence-electron chi connectivity index (χ4n) is 5.30. The van der Waals surface area contributed by atoms with E-state index < -0.39 is 0 Å². The van der Waals surface area contributed by atoms with Crippen LogP contribution in [-0.2, 0) is 16.0 Å². The summed E-state index contributed by atoms with van der Waals surface area (Å²) in [4.78, 5) is 23.0. The minimum absolute atomic E-state index is 0.0784. The molecule has 0 aliphatic carbocycles. The molecule has 0 saturated carbocycles. The van der Waals surface area contributed by atoms with E-state index in [9.17, 15) is 4.79 Å². The SMILES string of the molecule is COc1ccccc1-c1ccc(C(=O)NC2CCN(Cc3ccccc3)CC2)c(N(C)C[C@@H]2COCCO2)n1. The molecule has 3 aromatic rings. The van der Waals surface area contributed by atoms with E-state index in [1.54, 1.807) is 7.11 Å². The second-order valence-corrected chi connectivity index (χ2v) is 10.2. The van der Waals surface area contributed by atoms with Crippen LogP contribution in [0, 0.1) is 0 Å². The maximum atomic E-state index is 13.6. The average molecular weight is 531 g/mol. The molecule has 1 N–H and O–H groups in total. The zero-order chi connectivity index (χ0) is 27.0. The molecular formula is C31H38N4O4. The van der Waals surface area contributed by atoms with E-state index in [0.29, 0.717) is 37.7 Å². The number of amides is 1. The van der Waals surface area contributed by atoms with Crippen molar-refractivity contribution in [3.05, 3.63) is 77.9 Å². The lowest BCUT2D eigenvalue weighted by Gasteiger charge is -2.33. The van der Waals surface area contributed by atoms with Crippen LogP contribution >= 0.6 is 0 Å². The van der Waals surface area contributed by atoms with E-state index in [2.05, 4.69) is 34.5 Å². The first-order chi connectivity index (χ1) is 19.1. The van der Waals surface area contributed by atoms with Crippen molar-refractivity contribution in [1.29, 1.82) is 0 Å². The molecular weight excluding hydrogens is 492 g/mol. The van der Waals surface area contributed by atoms with Crippen molar-refractivity contribution in [3.63, 3.8) is 0 Å². The number of likely N-dealkylation sites (tertiary alicyclic amines) is 1. The lowest BCUT2D eigenvalue weighted by atomic mass is 10.0. The van der Waals surface area contributed by atoms with Gasteiger partial charge in [0.2, 0.25) is 0 Å². The molecule has 2 aromatic carbocycles. The quantitative estimate of drug-likeness (QED) is 0.448. The number of anilines is 1. The summed E-state index contributed by atoms with van der Waals surface area (Å²) < 4.78 is 17.0. The number of carbonyl (C=O) groups excluding carboxylic acids is 1. The van der Waals surface area contributed by atoms with Crippen LogP contribution in [0.5, 0.6) is 5.75 Å². The summed E-state index contributed by atoms with van der Waals surface area (Å²) in [5.74, 6) is 1.26. The van der Waals surface area contributed by atoms with Crippen LogP contribution in [-0.4, -0.2) is 81.5 Å².